The molecule has 0 unspecified atom stereocenters. The van der Waals surface area contributed by atoms with E-state index in [1.54, 1.807) is 7.11 Å². The zero-order valence-corrected chi connectivity index (χ0v) is 18.0. The van der Waals surface area contributed by atoms with Gasteiger partial charge in [-0.2, -0.15) is 0 Å². The molecule has 1 atom stereocenters. The SMILES string of the molecule is CCn1c(S[C@H](C)C(=O)NCc2ccccc2OC)nnc1-c1ccccc1C. The number of thioether (sulfide) groups is 1. The highest BCUT2D eigenvalue weighted by atomic mass is 32.2. The van der Waals surface area contributed by atoms with Crippen LogP contribution in [0.4, 0.5) is 0 Å². The number of aromatic nitrogens is 3. The average Bonchev–Trinajstić information content (AvgIpc) is 3.14. The fourth-order valence-electron chi connectivity index (χ4n) is 3.07. The van der Waals surface area contributed by atoms with Crippen LogP contribution >= 0.6 is 11.8 Å². The predicted octanol–water partition coefficient (Wildman–Crippen LogP) is 4.08. The fourth-order valence-corrected chi connectivity index (χ4v) is 4.01. The Bertz CT molecular complexity index is 986. The number of carbonyl (C=O) groups is 1. The van der Waals surface area contributed by atoms with Crippen LogP contribution in [0.2, 0.25) is 0 Å². The normalized spacial score (nSPS) is 11.9. The third-order valence-corrected chi connectivity index (χ3v) is 5.80. The van der Waals surface area contributed by atoms with Crippen molar-refractivity contribution in [2.24, 2.45) is 0 Å². The smallest absolute Gasteiger partial charge is 0.233 e. The van der Waals surface area contributed by atoms with Gasteiger partial charge in [0.1, 0.15) is 5.75 Å². The average molecular weight is 411 g/mol. The molecule has 0 aliphatic heterocycles. The highest BCUT2D eigenvalue weighted by Crippen LogP contribution is 2.28. The summed E-state index contributed by atoms with van der Waals surface area (Å²) in [7, 11) is 1.63. The van der Waals surface area contributed by atoms with Gasteiger partial charge in [-0.3, -0.25) is 4.79 Å². The minimum absolute atomic E-state index is 0.0519. The van der Waals surface area contributed by atoms with Gasteiger partial charge in [0.2, 0.25) is 5.91 Å². The van der Waals surface area contributed by atoms with Crippen molar-refractivity contribution in [2.45, 2.75) is 44.3 Å². The van der Waals surface area contributed by atoms with Crippen LogP contribution in [0.25, 0.3) is 11.4 Å². The molecule has 7 heteroatoms. The maximum atomic E-state index is 12.6. The topological polar surface area (TPSA) is 69.0 Å². The van der Waals surface area contributed by atoms with Crippen LogP contribution in [0.15, 0.2) is 53.7 Å². The molecule has 0 aliphatic rings. The van der Waals surface area contributed by atoms with Crippen LogP contribution in [0.5, 0.6) is 5.75 Å². The molecule has 1 amide bonds. The van der Waals surface area contributed by atoms with Gasteiger partial charge in [-0.1, -0.05) is 54.2 Å². The van der Waals surface area contributed by atoms with Gasteiger partial charge >= 0.3 is 0 Å². The summed E-state index contributed by atoms with van der Waals surface area (Å²) >= 11 is 1.42. The van der Waals surface area contributed by atoms with Crippen molar-refractivity contribution in [3.8, 4) is 17.1 Å². The number of rotatable bonds is 8. The van der Waals surface area contributed by atoms with Gasteiger partial charge in [-0.05, 0) is 32.4 Å². The Morgan fingerprint density at radius 3 is 2.62 bits per heavy atom. The standard InChI is InChI=1S/C22H26N4O2S/c1-5-26-20(18-12-8-6-10-15(18)2)24-25-22(26)29-16(3)21(27)23-14-17-11-7-9-13-19(17)28-4/h6-13,16H,5,14H2,1-4H3,(H,23,27)/t16-/m1/s1. The number of aryl methyl sites for hydroxylation is 1. The Labute approximate surface area is 175 Å². The van der Waals surface area contributed by atoms with Crippen molar-refractivity contribution < 1.29 is 9.53 Å². The first-order valence-corrected chi connectivity index (χ1v) is 10.5. The minimum atomic E-state index is -0.302. The van der Waals surface area contributed by atoms with Gasteiger partial charge in [0.25, 0.3) is 0 Å². The van der Waals surface area contributed by atoms with E-state index >= 15 is 0 Å². The Morgan fingerprint density at radius 2 is 1.90 bits per heavy atom. The molecule has 2 aromatic carbocycles. The molecule has 0 aliphatic carbocycles. The van der Waals surface area contributed by atoms with Crippen molar-refractivity contribution in [3.63, 3.8) is 0 Å². The quantitative estimate of drug-likeness (QED) is 0.567. The van der Waals surface area contributed by atoms with Crippen LogP contribution in [0, 0.1) is 6.92 Å². The molecule has 0 saturated carbocycles. The largest absolute Gasteiger partial charge is 0.496 e. The van der Waals surface area contributed by atoms with Crippen LogP contribution < -0.4 is 10.1 Å². The summed E-state index contributed by atoms with van der Waals surface area (Å²) in [4.78, 5) is 12.6. The molecule has 29 heavy (non-hydrogen) atoms. The third kappa shape index (κ3) is 4.79. The third-order valence-electron chi connectivity index (χ3n) is 4.72. The van der Waals surface area contributed by atoms with E-state index < -0.39 is 0 Å². The van der Waals surface area contributed by atoms with Gasteiger partial charge in [0.05, 0.1) is 12.4 Å². The van der Waals surface area contributed by atoms with Crippen LogP contribution in [-0.4, -0.2) is 33.0 Å². The first kappa shape index (κ1) is 20.9. The van der Waals surface area contributed by atoms with Gasteiger partial charge in [0, 0.05) is 24.2 Å². The number of hydrogen-bond acceptors (Lipinski definition) is 5. The van der Waals surface area contributed by atoms with Crippen molar-refractivity contribution in [1.29, 1.82) is 0 Å². The first-order valence-electron chi connectivity index (χ1n) is 9.60. The number of nitrogens with one attached hydrogen (secondary N) is 1. The molecular formula is C22H26N4O2S. The van der Waals surface area contributed by atoms with E-state index in [0.29, 0.717) is 6.54 Å². The molecule has 0 spiro atoms. The van der Waals surface area contributed by atoms with Gasteiger partial charge < -0.3 is 14.6 Å². The van der Waals surface area contributed by atoms with E-state index in [-0.39, 0.29) is 11.2 Å². The number of para-hydroxylation sites is 1. The molecule has 3 aromatic rings. The van der Waals surface area contributed by atoms with Crippen LogP contribution in [0.1, 0.15) is 25.0 Å². The molecule has 0 bridgehead atoms. The predicted molar refractivity (Wildman–Crippen MR) is 116 cm³/mol. The Hall–Kier alpha value is -2.80. The van der Waals surface area contributed by atoms with Crippen molar-refractivity contribution in [1.82, 2.24) is 20.1 Å². The van der Waals surface area contributed by atoms with Crippen LogP contribution in [-0.2, 0) is 17.9 Å². The van der Waals surface area contributed by atoms with E-state index in [9.17, 15) is 4.79 Å². The maximum Gasteiger partial charge on any atom is 0.233 e. The number of amides is 1. The highest BCUT2D eigenvalue weighted by molar-refractivity contribution is 8.00. The van der Waals surface area contributed by atoms with E-state index in [0.717, 1.165) is 40.0 Å². The lowest BCUT2D eigenvalue weighted by Gasteiger charge is -2.14. The number of ether oxygens (including phenoxy) is 1. The Kier molecular flexibility index (Phi) is 6.93. The number of hydrogen-bond donors (Lipinski definition) is 1. The van der Waals surface area contributed by atoms with Crippen molar-refractivity contribution >= 4 is 17.7 Å². The highest BCUT2D eigenvalue weighted by Gasteiger charge is 2.21. The van der Waals surface area contributed by atoms with Gasteiger partial charge in [0.15, 0.2) is 11.0 Å². The van der Waals surface area contributed by atoms with Gasteiger partial charge in [-0.25, -0.2) is 0 Å². The second-order valence-electron chi connectivity index (χ2n) is 6.66. The second-order valence-corrected chi connectivity index (χ2v) is 7.96. The maximum absolute atomic E-state index is 12.6. The summed E-state index contributed by atoms with van der Waals surface area (Å²) < 4.78 is 7.39. The molecule has 1 N–H and O–H groups in total. The lowest BCUT2D eigenvalue weighted by atomic mass is 10.1. The summed E-state index contributed by atoms with van der Waals surface area (Å²) in [6.07, 6.45) is 0. The molecule has 1 heterocycles. The zero-order chi connectivity index (χ0) is 20.8. The summed E-state index contributed by atoms with van der Waals surface area (Å²) in [5, 5.41) is 12.2. The van der Waals surface area contributed by atoms with Crippen LogP contribution in [0.3, 0.4) is 0 Å². The van der Waals surface area contributed by atoms with E-state index in [1.807, 2.05) is 49.4 Å². The van der Waals surface area contributed by atoms with Crippen molar-refractivity contribution in [2.75, 3.05) is 7.11 Å². The van der Waals surface area contributed by atoms with Gasteiger partial charge in [-0.15, -0.1) is 10.2 Å². The lowest BCUT2D eigenvalue weighted by Crippen LogP contribution is -2.30. The number of carbonyl (C=O) groups excluding carboxylic acids is 1. The molecule has 1 aromatic heterocycles. The Morgan fingerprint density at radius 1 is 1.17 bits per heavy atom. The summed E-state index contributed by atoms with van der Waals surface area (Å²) in [6, 6.07) is 15.8. The van der Waals surface area contributed by atoms with E-state index in [2.05, 4.69) is 40.0 Å². The minimum Gasteiger partial charge on any atom is -0.496 e. The molecule has 0 fully saturated rings. The number of benzene rings is 2. The van der Waals surface area contributed by atoms with E-state index in [1.165, 1.54) is 11.8 Å². The lowest BCUT2D eigenvalue weighted by molar-refractivity contribution is -0.120. The summed E-state index contributed by atoms with van der Waals surface area (Å²) in [6.45, 7) is 7.15. The molecule has 3 rings (SSSR count). The molecule has 152 valence electrons. The molecule has 6 nitrogen and oxygen atoms in total. The molecule has 0 radical (unpaired) electrons. The molecule has 0 saturated heterocycles. The molecular weight excluding hydrogens is 384 g/mol. The fraction of sp³-hybridized carbons (Fsp3) is 0.318. The monoisotopic (exact) mass is 410 g/mol. The zero-order valence-electron chi connectivity index (χ0n) is 17.2. The van der Waals surface area contributed by atoms with E-state index in [4.69, 9.17) is 4.74 Å². The second kappa shape index (κ2) is 9.60. The number of nitrogens with zero attached hydrogens (tertiary/aromatic N) is 3. The summed E-state index contributed by atoms with van der Waals surface area (Å²) in [5.41, 5.74) is 3.15. The first-order chi connectivity index (χ1) is 14.0. The Balaban J connectivity index is 1.69. The summed E-state index contributed by atoms with van der Waals surface area (Å²) in [5.74, 6) is 1.54. The number of methoxy groups -OCH3 is 1. The van der Waals surface area contributed by atoms with Crippen molar-refractivity contribution in [3.05, 3.63) is 59.7 Å².